The summed E-state index contributed by atoms with van der Waals surface area (Å²) in [6, 6.07) is 17.5. The van der Waals surface area contributed by atoms with Gasteiger partial charge in [-0.2, -0.15) is 9.41 Å². The zero-order valence-corrected chi connectivity index (χ0v) is 17.1. The minimum atomic E-state index is -3.51. The minimum absolute atomic E-state index is 0.178. The van der Waals surface area contributed by atoms with E-state index >= 15 is 0 Å². The molecule has 1 N–H and O–H groups in total. The average Bonchev–Trinajstić information content (AvgIpc) is 2.72. The smallest absolute Gasteiger partial charge is 0.244 e. The molecule has 0 aliphatic carbocycles. The molecule has 0 amide bonds. The summed E-state index contributed by atoms with van der Waals surface area (Å²) in [5.74, 6) is 0.485. The van der Waals surface area contributed by atoms with Gasteiger partial charge in [-0.05, 0) is 41.5 Å². The number of anilines is 1. The van der Waals surface area contributed by atoms with Crippen LogP contribution in [0.25, 0.3) is 10.8 Å². The van der Waals surface area contributed by atoms with Gasteiger partial charge in [0.2, 0.25) is 10.0 Å². The molecule has 0 saturated carbocycles. The summed E-state index contributed by atoms with van der Waals surface area (Å²) in [6.45, 7) is 6.39. The molecule has 0 aliphatic heterocycles. The highest BCUT2D eigenvalue weighted by Crippen LogP contribution is 2.18. The Balaban J connectivity index is 1.76. The Hall–Kier alpha value is -2.77. The maximum Gasteiger partial charge on any atom is 0.244 e. The van der Waals surface area contributed by atoms with Crippen molar-refractivity contribution in [1.82, 2.24) is 9.29 Å². The van der Waals surface area contributed by atoms with Gasteiger partial charge in [0.25, 0.3) is 0 Å². The van der Waals surface area contributed by atoms with Crippen LogP contribution < -0.4 is 5.43 Å². The molecule has 28 heavy (non-hydrogen) atoms. The number of pyridine rings is 1. The average molecular weight is 397 g/mol. The van der Waals surface area contributed by atoms with E-state index in [1.807, 2.05) is 39.0 Å². The predicted molar refractivity (Wildman–Crippen MR) is 114 cm³/mol. The lowest BCUT2D eigenvalue weighted by Gasteiger charge is -2.18. The normalized spacial score (nSPS) is 12.5. The summed E-state index contributed by atoms with van der Waals surface area (Å²) in [5.41, 5.74) is 4.71. The zero-order valence-electron chi connectivity index (χ0n) is 16.3. The van der Waals surface area contributed by atoms with Gasteiger partial charge in [-0.1, -0.05) is 50.2 Å². The number of hydrogen-bond acceptors (Lipinski definition) is 5. The first-order valence-electron chi connectivity index (χ1n) is 9.21. The van der Waals surface area contributed by atoms with Crippen LogP contribution in [0.4, 0.5) is 5.82 Å². The number of hydrazone groups is 1. The van der Waals surface area contributed by atoms with Crippen molar-refractivity contribution >= 4 is 32.3 Å². The third-order valence-electron chi connectivity index (χ3n) is 4.58. The fraction of sp³-hybridized carbons (Fsp3) is 0.238. The second-order valence-corrected chi connectivity index (χ2v) is 8.28. The Labute approximate surface area is 166 Å². The van der Waals surface area contributed by atoms with Gasteiger partial charge in [0.05, 0.1) is 5.71 Å². The van der Waals surface area contributed by atoms with E-state index in [4.69, 9.17) is 0 Å². The molecule has 0 unspecified atom stereocenters. The van der Waals surface area contributed by atoms with Gasteiger partial charge in [0, 0.05) is 19.3 Å². The first-order chi connectivity index (χ1) is 13.5. The van der Waals surface area contributed by atoms with Crippen LogP contribution in [0.2, 0.25) is 0 Å². The van der Waals surface area contributed by atoms with Gasteiger partial charge < -0.3 is 0 Å². The van der Waals surface area contributed by atoms with Crippen LogP contribution in [0.1, 0.15) is 26.3 Å². The molecule has 0 aliphatic rings. The second kappa shape index (κ2) is 8.50. The zero-order chi connectivity index (χ0) is 20.1. The number of fused-ring (bicyclic) bond motifs is 1. The van der Waals surface area contributed by atoms with Crippen molar-refractivity contribution in [3.05, 3.63) is 66.4 Å². The highest BCUT2D eigenvalue weighted by molar-refractivity contribution is 7.89. The maximum absolute atomic E-state index is 12.5. The number of sulfonamides is 1. The van der Waals surface area contributed by atoms with Crippen molar-refractivity contribution in [2.45, 2.75) is 25.7 Å². The van der Waals surface area contributed by atoms with Crippen LogP contribution in [-0.4, -0.2) is 36.5 Å². The van der Waals surface area contributed by atoms with Crippen LogP contribution >= 0.6 is 0 Å². The molecule has 6 nitrogen and oxygen atoms in total. The van der Waals surface area contributed by atoms with Crippen molar-refractivity contribution < 1.29 is 8.42 Å². The first kappa shape index (κ1) is 20.0. The molecule has 146 valence electrons. The van der Waals surface area contributed by atoms with E-state index in [1.54, 1.807) is 12.1 Å². The Morgan fingerprint density at radius 3 is 2.39 bits per heavy atom. The Kier molecular flexibility index (Phi) is 6.06. The summed E-state index contributed by atoms with van der Waals surface area (Å²) in [5, 5.41) is 6.71. The fourth-order valence-corrected chi connectivity index (χ4v) is 4.34. The third-order valence-corrected chi connectivity index (χ3v) is 6.62. The molecule has 1 heterocycles. The summed E-state index contributed by atoms with van der Waals surface area (Å²) in [4.78, 5) is 4.37. The standard InChI is InChI=1S/C21H24N4O2S/c1-4-25(5-2)28(26,27)20-12-13-21(22-15-20)24-23-16(3)18-11-10-17-8-6-7-9-19(17)14-18/h6-15H,4-5H2,1-3H3,(H,22,24)/b23-16+. The fourth-order valence-electron chi connectivity index (χ4n) is 2.93. The molecular formula is C21H24N4O2S. The summed E-state index contributed by atoms with van der Waals surface area (Å²) in [6.07, 6.45) is 1.36. The largest absolute Gasteiger partial charge is 0.261 e. The minimum Gasteiger partial charge on any atom is -0.261 e. The number of aromatic nitrogens is 1. The van der Waals surface area contributed by atoms with E-state index in [2.05, 4.69) is 39.8 Å². The lowest BCUT2D eigenvalue weighted by Crippen LogP contribution is -2.30. The predicted octanol–water partition coefficient (Wildman–Crippen LogP) is 4.10. The SMILES string of the molecule is CCN(CC)S(=O)(=O)c1ccc(N/N=C(\C)c2ccc3ccccc3c2)nc1. The lowest BCUT2D eigenvalue weighted by molar-refractivity contribution is 0.445. The van der Waals surface area contributed by atoms with Gasteiger partial charge >= 0.3 is 0 Å². The molecule has 3 aromatic rings. The van der Waals surface area contributed by atoms with Crippen LogP contribution in [0, 0.1) is 0 Å². The molecule has 0 saturated heterocycles. The summed E-state index contributed by atoms with van der Waals surface area (Å²) in [7, 11) is -3.51. The number of rotatable bonds is 7. The van der Waals surface area contributed by atoms with Crippen LogP contribution in [0.3, 0.4) is 0 Å². The van der Waals surface area contributed by atoms with E-state index in [0.29, 0.717) is 18.9 Å². The van der Waals surface area contributed by atoms with E-state index in [9.17, 15) is 8.42 Å². The van der Waals surface area contributed by atoms with Crippen molar-refractivity contribution in [2.75, 3.05) is 18.5 Å². The third kappa shape index (κ3) is 4.21. The van der Waals surface area contributed by atoms with Crippen LogP contribution in [0.15, 0.2) is 70.8 Å². The number of nitrogens with zero attached hydrogens (tertiary/aromatic N) is 3. The van der Waals surface area contributed by atoms with E-state index in [1.165, 1.54) is 15.9 Å². The second-order valence-electron chi connectivity index (χ2n) is 6.34. The molecule has 7 heteroatoms. The molecular weight excluding hydrogens is 372 g/mol. The van der Waals surface area contributed by atoms with Gasteiger partial charge in [-0.3, -0.25) is 5.43 Å². The Bertz CT molecular complexity index is 1090. The Morgan fingerprint density at radius 2 is 1.75 bits per heavy atom. The first-order valence-corrected chi connectivity index (χ1v) is 10.7. The van der Waals surface area contributed by atoms with Crippen molar-refractivity contribution in [2.24, 2.45) is 5.10 Å². The summed E-state index contributed by atoms with van der Waals surface area (Å²) >= 11 is 0. The molecule has 0 fully saturated rings. The quantitative estimate of drug-likeness (QED) is 0.482. The monoisotopic (exact) mass is 396 g/mol. The molecule has 0 atom stereocenters. The number of hydrogen-bond donors (Lipinski definition) is 1. The van der Waals surface area contributed by atoms with Crippen LogP contribution in [-0.2, 0) is 10.0 Å². The number of benzene rings is 2. The van der Waals surface area contributed by atoms with Crippen molar-refractivity contribution in [3.8, 4) is 0 Å². The topological polar surface area (TPSA) is 74.7 Å². The van der Waals surface area contributed by atoms with E-state index < -0.39 is 10.0 Å². The van der Waals surface area contributed by atoms with Crippen molar-refractivity contribution in [3.63, 3.8) is 0 Å². The van der Waals surface area contributed by atoms with Gasteiger partial charge in [0.1, 0.15) is 10.7 Å². The Morgan fingerprint density at radius 1 is 1.04 bits per heavy atom. The van der Waals surface area contributed by atoms with Gasteiger partial charge in [-0.25, -0.2) is 13.4 Å². The molecule has 0 spiro atoms. The maximum atomic E-state index is 12.5. The molecule has 2 aromatic carbocycles. The highest BCUT2D eigenvalue weighted by atomic mass is 32.2. The molecule has 3 rings (SSSR count). The van der Waals surface area contributed by atoms with Gasteiger partial charge in [-0.15, -0.1) is 0 Å². The van der Waals surface area contributed by atoms with Crippen molar-refractivity contribution in [1.29, 1.82) is 0 Å². The molecule has 1 aromatic heterocycles. The van der Waals surface area contributed by atoms with Crippen LogP contribution in [0.5, 0.6) is 0 Å². The highest BCUT2D eigenvalue weighted by Gasteiger charge is 2.21. The lowest BCUT2D eigenvalue weighted by atomic mass is 10.0. The molecule has 0 radical (unpaired) electrons. The molecule has 0 bridgehead atoms. The van der Waals surface area contributed by atoms with E-state index in [0.717, 1.165) is 16.7 Å². The van der Waals surface area contributed by atoms with E-state index in [-0.39, 0.29) is 4.90 Å². The van der Waals surface area contributed by atoms with Gasteiger partial charge in [0.15, 0.2) is 0 Å². The number of nitrogens with one attached hydrogen (secondary N) is 1. The summed E-state index contributed by atoms with van der Waals surface area (Å²) < 4.78 is 26.4.